The normalized spacial score (nSPS) is 18.3. The summed E-state index contributed by atoms with van der Waals surface area (Å²) in [6, 6.07) is 3.04. The minimum Gasteiger partial charge on any atom is -0.507 e. The molecule has 0 amide bonds. The summed E-state index contributed by atoms with van der Waals surface area (Å²) in [5.41, 5.74) is 0.217. The highest BCUT2D eigenvalue weighted by molar-refractivity contribution is 5.98. The molecule has 3 aromatic rings. The van der Waals surface area contributed by atoms with Crippen LogP contribution in [0.1, 0.15) is 18.4 Å². The third-order valence-electron chi connectivity index (χ3n) is 5.21. The molecular weight excluding hydrogens is 385 g/mol. The molecule has 0 radical (unpaired) electrons. The Morgan fingerprint density at radius 2 is 2.00 bits per heavy atom. The van der Waals surface area contributed by atoms with Crippen LogP contribution in [0.5, 0.6) is 5.75 Å². The highest BCUT2D eigenvalue weighted by atomic mass is 19.4. The molecule has 1 saturated heterocycles. The van der Waals surface area contributed by atoms with Gasteiger partial charge in [0.05, 0.1) is 17.1 Å². The maximum atomic E-state index is 12.9. The van der Waals surface area contributed by atoms with E-state index in [0.29, 0.717) is 22.8 Å². The van der Waals surface area contributed by atoms with Gasteiger partial charge in [-0.05, 0) is 44.6 Å². The molecular formula is C19H21F3N6O. The van der Waals surface area contributed by atoms with Gasteiger partial charge in [-0.2, -0.15) is 18.3 Å². The molecule has 3 heterocycles. The van der Waals surface area contributed by atoms with Gasteiger partial charge in [0.2, 0.25) is 0 Å². The van der Waals surface area contributed by atoms with Crippen LogP contribution in [0.25, 0.3) is 22.2 Å². The topological polar surface area (TPSA) is 79.1 Å². The van der Waals surface area contributed by atoms with Gasteiger partial charge in [0, 0.05) is 25.2 Å². The number of benzene rings is 1. The number of phenols is 1. The third-order valence-corrected chi connectivity index (χ3v) is 5.21. The zero-order chi connectivity index (χ0) is 20.8. The van der Waals surface area contributed by atoms with Crippen LogP contribution >= 0.6 is 0 Å². The number of aryl methyl sites for hydroxylation is 1. The number of piperidine rings is 1. The molecule has 2 N–H and O–H groups in total. The number of alkyl halides is 3. The summed E-state index contributed by atoms with van der Waals surface area (Å²) < 4.78 is 40.3. The standard InChI is InChI=1S/C19H21F3N6O/c1-27-7-3-4-12(10-27)24-18-17-14(9-23-28(17)2)16(25-26-18)13-6-5-11(8-15(13)29)19(20,21)22/h5-6,8-9,12,29H,3-4,7,10H2,1-2H3,(H,24,26)/t12-/m1/s1. The van der Waals surface area contributed by atoms with Crippen molar-refractivity contribution in [2.75, 3.05) is 25.5 Å². The smallest absolute Gasteiger partial charge is 0.416 e. The van der Waals surface area contributed by atoms with E-state index in [0.717, 1.165) is 32.0 Å². The lowest BCUT2D eigenvalue weighted by atomic mass is 10.0. The first kappa shape index (κ1) is 19.4. The quantitative estimate of drug-likeness (QED) is 0.695. The predicted octanol–water partition coefficient (Wildman–Crippen LogP) is 3.26. The molecule has 0 saturated carbocycles. The van der Waals surface area contributed by atoms with Gasteiger partial charge in [-0.15, -0.1) is 10.2 Å². The van der Waals surface area contributed by atoms with Crippen LogP contribution in [-0.4, -0.2) is 56.2 Å². The molecule has 1 aliphatic heterocycles. The van der Waals surface area contributed by atoms with Gasteiger partial charge in [-0.1, -0.05) is 0 Å². The minimum atomic E-state index is -4.54. The van der Waals surface area contributed by atoms with Gasteiger partial charge in [0.1, 0.15) is 17.0 Å². The maximum absolute atomic E-state index is 12.9. The number of nitrogens with one attached hydrogen (secondary N) is 1. The molecule has 1 atom stereocenters. The van der Waals surface area contributed by atoms with E-state index in [1.54, 1.807) is 17.9 Å². The maximum Gasteiger partial charge on any atom is 0.416 e. The van der Waals surface area contributed by atoms with E-state index in [1.807, 2.05) is 0 Å². The van der Waals surface area contributed by atoms with Gasteiger partial charge in [0.15, 0.2) is 5.82 Å². The number of halogens is 3. The van der Waals surface area contributed by atoms with E-state index >= 15 is 0 Å². The van der Waals surface area contributed by atoms with Crippen LogP contribution in [0, 0.1) is 0 Å². The van der Waals surface area contributed by atoms with Gasteiger partial charge in [-0.3, -0.25) is 4.68 Å². The van der Waals surface area contributed by atoms with Crippen molar-refractivity contribution >= 4 is 16.7 Å². The van der Waals surface area contributed by atoms with Crippen molar-refractivity contribution in [1.82, 2.24) is 24.9 Å². The Morgan fingerprint density at radius 3 is 2.69 bits per heavy atom. The van der Waals surface area contributed by atoms with Crippen molar-refractivity contribution in [3.05, 3.63) is 30.0 Å². The number of rotatable bonds is 3. The second kappa shape index (κ2) is 7.18. The number of aromatic hydroxyl groups is 1. The van der Waals surface area contributed by atoms with Gasteiger partial charge < -0.3 is 15.3 Å². The zero-order valence-electron chi connectivity index (χ0n) is 16.0. The zero-order valence-corrected chi connectivity index (χ0v) is 16.0. The number of likely N-dealkylation sites (N-methyl/N-ethyl adjacent to an activating group) is 1. The SMILES string of the molecule is CN1CCC[C@@H](Nc2nnc(-c3ccc(C(F)(F)F)cc3O)c3cnn(C)c23)C1. The summed E-state index contributed by atoms with van der Waals surface area (Å²) >= 11 is 0. The van der Waals surface area contributed by atoms with Crippen molar-refractivity contribution in [3.8, 4) is 17.0 Å². The molecule has 0 unspecified atom stereocenters. The van der Waals surface area contributed by atoms with Gasteiger partial charge >= 0.3 is 6.18 Å². The molecule has 1 fully saturated rings. The number of phenolic OH excluding ortho intramolecular Hbond substituents is 1. The summed E-state index contributed by atoms with van der Waals surface area (Å²) in [4.78, 5) is 2.24. The molecule has 154 valence electrons. The average molecular weight is 406 g/mol. The first-order valence-corrected chi connectivity index (χ1v) is 9.28. The second-order valence-electron chi connectivity index (χ2n) is 7.40. The first-order chi connectivity index (χ1) is 13.7. The van der Waals surface area contributed by atoms with Crippen LogP contribution in [0.4, 0.5) is 19.0 Å². The van der Waals surface area contributed by atoms with Crippen LogP contribution in [0.2, 0.25) is 0 Å². The summed E-state index contributed by atoms with van der Waals surface area (Å²) in [6.45, 7) is 1.93. The fourth-order valence-corrected chi connectivity index (χ4v) is 3.77. The summed E-state index contributed by atoms with van der Waals surface area (Å²) in [5, 5.41) is 27.0. The minimum absolute atomic E-state index is 0.174. The van der Waals surface area contributed by atoms with Crippen molar-refractivity contribution < 1.29 is 18.3 Å². The molecule has 1 aliphatic rings. The molecule has 4 rings (SSSR count). The highest BCUT2D eigenvalue weighted by Crippen LogP contribution is 2.38. The van der Waals surface area contributed by atoms with Crippen LogP contribution in [0.15, 0.2) is 24.4 Å². The van der Waals surface area contributed by atoms with E-state index < -0.39 is 17.5 Å². The average Bonchev–Trinajstić information content (AvgIpc) is 3.04. The molecule has 1 aromatic carbocycles. The lowest BCUT2D eigenvalue weighted by Crippen LogP contribution is -2.40. The first-order valence-electron chi connectivity index (χ1n) is 9.28. The number of anilines is 1. The van der Waals surface area contributed by atoms with Crippen LogP contribution in [-0.2, 0) is 13.2 Å². The number of nitrogens with zero attached hydrogens (tertiary/aromatic N) is 5. The Hall–Kier alpha value is -2.88. The van der Waals surface area contributed by atoms with Crippen LogP contribution < -0.4 is 5.32 Å². The van der Waals surface area contributed by atoms with Crippen molar-refractivity contribution in [2.24, 2.45) is 7.05 Å². The molecule has 7 nitrogen and oxygen atoms in total. The van der Waals surface area contributed by atoms with Crippen molar-refractivity contribution in [2.45, 2.75) is 25.1 Å². The molecule has 29 heavy (non-hydrogen) atoms. The summed E-state index contributed by atoms with van der Waals surface area (Å²) in [7, 11) is 3.83. The number of hydrogen-bond donors (Lipinski definition) is 2. The number of aromatic nitrogens is 4. The van der Waals surface area contributed by atoms with Gasteiger partial charge in [-0.25, -0.2) is 0 Å². The number of fused-ring (bicyclic) bond motifs is 1. The Labute approximate surface area is 165 Å². The Balaban J connectivity index is 1.74. The fraction of sp³-hybridized carbons (Fsp3) is 0.421. The molecule has 0 bridgehead atoms. The summed E-state index contributed by atoms with van der Waals surface area (Å²) in [5.74, 6) is 0.0596. The Kier molecular flexibility index (Phi) is 4.81. The van der Waals surface area contributed by atoms with E-state index in [2.05, 4.69) is 32.6 Å². The lowest BCUT2D eigenvalue weighted by molar-refractivity contribution is -0.137. The Bertz CT molecular complexity index is 1050. The molecule has 0 spiro atoms. The monoisotopic (exact) mass is 406 g/mol. The van der Waals surface area contributed by atoms with E-state index in [9.17, 15) is 18.3 Å². The van der Waals surface area contributed by atoms with E-state index in [-0.39, 0.29) is 17.3 Å². The molecule has 0 aliphatic carbocycles. The summed E-state index contributed by atoms with van der Waals surface area (Å²) in [6.07, 6.45) is -0.874. The van der Waals surface area contributed by atoms with E-state index in [4.69, 9.17) is 0 Å². The van der Waals surface area contributed by atoms with Crippen LogP contribution in [0.3, 0.4) is 0 Å². The molecule has 2 aromatic heterocycles. The second-order valence-corrected chi connectivity index (χ2v) is 7.40. The highest BCUT2D eigenvalue weighted by Gasteiger charge is 2.31. The van der Waals surface area contributed by atoms with Crippen molar-refractivity contribution in [3.63, 3.8) is 0 Å². The third kappa shape index (κ3) is 3.71. The van der Waals surface area contributed by atoms with Crippen molar-refractivity contribution in [1.29, 1.82) is 0 Å². The number of likely N-dealkylation sites (tertiary alicyclic amines) is 1. The predicted molar refractivity (Wildman–Crippen MR) is 103 cm³/mol. The van der Waals surface area contributed by atoms with E-state index in [1.165, 1.54) is 6.07 Å². The fourth-order valence-electron chi connectivity index (χ4n) is 3.77. The number of hydrogen-bond acceptors (Lipinski definition) is 6. The molecule has 10 heteroatoms. The Morgan fingerprint density at radius 1 is 1.21 bits per heavy atom. The largest absolute Gasteiger partial charge is 0.507 e. The van der Waals surface area contributed by atoms with Gasteiger partial charge in [0.25, 0.3) is 0 Å². The lowest BCUT2D eigenvalue weighted by Gasteiger charge is -2.30.